The average Bonchev–Trinajstić information content (AvgIpc) is 3.34. The Balaban J connectivity index is 1.63. The van der Waals surface area contributed by atoms with Crippen LogP contribution >= 0.6 is 0 Å². The molecule has 412 valence electrons. The summed E-state index contributed by atoms with van der Waals surface area (Å²) in [5.41, 5.74) is 0. The lowest BCUT2D eigenvalue weighted by Crippen LogP contribution is -2.68. The summed E-state index contributed by atoms with van der Waals surface area (Å²) in [7, 11) is 0. The van der Waals surface area contributed by atoms with Gasteiger partial charge in [0.05, 0.1) is 42.9 Å². The van der Waals surface area contributed by atoms with E-state index in [4.69, 9.17) is 52.1 Å². The molecule has 0 aliphatic carbocycles. The second kappa shape index (κ2) is 28.6. The zero-order valence-electron chi connectivity index (χ0n) is 42.9. The lowest BCUT2D eigenvalue weighted by atomic mass is 9.95. The van der Waals surface area contributed by atoms with Crippen LogP contribution in [0.5, 0.6) is 0 Å². The molecule has 0 spiro atoms. The van der Waals surface area contributed by atoms with E-state index in [9.17, 15) is 50.1 Å². The summed E-state index contributed by atoms with van der Waals surface area (Å²) in [6.45, 7) is 12.6. The third-order valence-electron chi connectivity index (χ3n) is 14.7. The van der Waals surface area contributed by atoms with Crippen molar-refractivity contribution in [2.45, 2.75) is 281 Å². The first-order chi connectivity index (χ1) is 33.8. The Hall–Kier alpha value is -2.19. The third-order valence-corrected chi connectivity index (χ3v) is 14.7. The van der Waals surface area contributed by atoms with Gasteiger partial charge in [-0.3, -0.25) is 14.4 Å². The van der Waals surface area contributed by atoms with Crippen LogP contribution in [0.1, 0.15) is 152 Å². The van der Waals surface area contributed by atoms with Crippen molar-refractivity contribution in [3.05, 3.63) is 0 Å². The van der Waals surface area contributed by atoms with Crippen LogP contribution < -0.4 is 0 Å². The molecule has 5 heterocycles. The molecule has 5 rings (SSSR count). The molecule has 7 N–H and O–H groups in total. The molecule has 0 radical (unpaired) electrons. The van der Waals surface area contributed by atoms with Gasteiger partial charge in [-0.2, -0.15) is 0 Å². The molecular weight excluding hydrogens is 937 g/mol. The number of hydrogen-bond donors (Lipinski definition) is 7. The fourth-order valence-electron chi connectivity index (χ4n) is 9.46. The maximum Gasteiger partial charge on any atom is 0.309 e. The summed E-state index contributed by atoms with van der Waals surface area (Å²) >= 11 is 0. The number of ether oxygens (including phenoxy) is 11. The molecule has 0 amide bonds. The summed E-state index contributed by atoms with van der Waals surface area (Å²) < 4.78 is 69.4. The van der Waals surface area contributed by atoms with Crippen LogP contribution in [0, 0.1) is 11.8 Å². The molecule has 2 bridgehead atoms. The first-order valence-corrected chi connectivity index (χ1v) is 26.4. The van der Waals surface area contributed by atoms with E-state index in [1.54, 1.807) is 34.6 Å². The largest absolute Gasteiger partial charge is 0.456 e. The topological polar surface area (TPSA) is 294 Å². The monoisotopic (exact) mass is 1020 g/mol. The molecule has 5 fully saturated rings. The van der Waals surface area contributed by atoms with Gasteiger partial charge in [0, 0.05) is 6.42 Å². The molecule has 0 aromatic carbocycles. The SMILES string of the molecule is CCCCC[C@H]1CCCCCCCCCC(=O)OC2C(O[C@@H]3OC(C)[C@H](OC(=O)[C@@H](C)CC)C(O[C@@H]4OC(C)[C@H](O)C(O)[C@@H]4O)[C@@H]3OC(=O)[C@H](C)CC)[C@H](OC3C(O)[C@@H](O)C(C)O[C@H]3O1)OC(CO)[C@H]2O. The number of rotatable bonds is 15. The Morgan fingerprint density at radius 1 is 0.577 bits per heavy atom. The van der Waals surface area contributed by atoms with Crippen LogP contribution in [-0.2, 0) is 66.5 Å². The number of fused-ring (bicyclic) bond motifs is 3. The highest BCUT2D eigenvalue weighted by atomic mass is 16.8. The normalized spacial score (nSPS) is 42.2. The van der Waals surface area contributed by atoms with E-state index in [0.29, 0.717) is 32.1 Å². The van der Waals surface area contributed by atoms with Gasteiger partial charge < -0.3 is 87.9 Å². The Morgan fingerprint density at radius 2 is 1.15 bits per heavy atom. The standard InChI is InChI=1S/C50H86O21/c1-9-12-18-21-30-22-19-16-14-13-15-17-20-23-32(52)66-40-35(55)31(24-51)65-50(69-41-37(57)34(54)28(7)62-48(41)64-30)43(40)71-49-44(68-46(60)26(5)11-3)42(39(29(8)63-49)67-45(59)25(4)10-2)70-47-38(58)36(56)33(53)27(6)61-47/h25-31,33-44,47-51,53-58H,9-24H2,1-8H3/t25-,26+,27?,28?,29?,30-,31?,33-,34-,35+,36?,37?,38-,39-,40?,41?,42?,43?,44-,47-,48-,49-,50-/m0/s1. The molecule has 21 heteroatoms. The molecule has 5 saturated heterocycles. The van der Waals surface area contributed by atoms with Crippen LogP contribution in [0.25, 0.3) is 0 Å². The number of esters is 3. The van der Waals surface area contributed by atoms with Gasteiger partial charge in [-0.25, -0.2) is 0 Å². The second-order valence-corrected chi connectivity index (χ2v) is 20.2. The van der Waals surface area contributed by atoms with Crippen LogP contribution in [-0.4, -0.2) is 189 Å². The number of aliphatic hydroxyl groups is 7. The van der Waals surface area contributed by atoms with E-state index in [1.807, 2.05) is 0 Å². The van der Waals surface area contributed by atoms with Crippen molar-refractivity contribution in [1.82, 2.24) is 0 Å². The molecule has 0 saturated carbocycles. The first-order valence-electron chi connectivity index (χ1n) is 26.4. The lowest BCUT2D eigenvalue weighted by Gasteiger charge is -2.50. The zero-order chi connectivity index (χ0) is 52.1. The molecule has 10 unspecified atom stereocenters. The van der Waals surface area contributed by atoms with Gasteiger partial charge in [0.15, 0.2) is 49.6 Å². The minimum atomic E-state index is -1.86. The fourth-order valence-corrected chi connectivity index (χ4v) is 9.46. The van der Waals surface area contributed by atoms with Crippen LogP contribution in [0.15, 0.2) is 0 Å². The van der Waals surface area contributed by atoms with Gasteiger partial charge in [-0.05, 0) is 52.9 Å². The van der Waals surface area contributed by atoms with Gasteiger partial charge in [0.25, 0.3) is 0 Å². The average molecular weight is 1020 g/mol. The third kappa shape index (κ3) is 15.7. The van der Waals surface area contributed by atoms with Crippen LogP contribution in [0.3, 0.4) is 0 Å². The van der Waals surface area contributed by atoms with Crippen molar-refractivity contribution in [2.75, 3.05) is 6.61 Å². The number of unbranched alkanes of at least 4 members (excludes halogenated alkanes) is 2. The maximum atomic E-state index is 13.9. The van der Waals surface area contributed by atoms with E-state index in [1.165, 1.54) is 13.8 Å². The molecule has 23 atom stereocenters. The summed E-state index contributed by atoms with van der Waals surface area (Å²) in [5.74, 6) is -3.52. The van der Waals surface area contributed by atoms with Crippen molar-refractivity contribution in [2.24, 2.45) is 11.8 Å². The van der Waals surface area contributed by atoms with E-state index in [2.05, 4.69) is 6.92 Å². The van der Waals surface area contributed by atoms with Crippen LogP contribution in [0.4, 0.5) is 0 Å². The smallest absolute Gasteiger partial charge is 0.309 e. The molecule has 0 aromatic heterocycles. The van der Waals surface area contributed by atoms with E-state index in [-0.39, 0.29) is 12.5 Å². The molecule has 71 heavy (non-hydrogen) atoms. The summed E-state index contributed by atoms with van der Waals surface area (Å²) in [6, 6.07) is 0. The van der Waals surface area contributed by atoms with Crippen LogP contribution in [0.2, 0.25) is 0 Å². The van der Waals surface area contributed by atoms with Crippen molar-refractivity contribution < 1.29 is 102 Å². The number of hydrogen-bond acceptors (Lipinski definition) is 21. The minimum absolute atomic E-state index is 0.0470. The molecular formula is C50H86O21. The van der Waals surface area contributed by atoms with Gasteiger partial charge in [-0.15, -0.1) is 0 Å². The quantitative estimate of drug-likeness (QED) is 0.0705. The highest BCUT2D eigenvalue weighted by Crippen LogP contribution is 2.39. The molecule has 5 aliphatic rings. The number of aliphatic hydroxyl groups excluding tert-OH is 7. The highest BCUT2D eigenvalue weighted by molar-refractivity contribution is 5.73. The zero-order valence-corrected chi connectivity index (χ0v) is 42.9. The molecule has 21 nitrogen and oxygen atoms in total. The van der Waals surface area contributed by atoms with E-state index >= 15 is 0 Å². The summed E-state index contributed by atoms with van der Waals surface area (Å²) in [4.78, 5) is 41.3. The maximum absolute atomic E-state index is 13.9. The van der Waals surface area contributed by atoms with Gasteiger partial charge in [-0.1, -0.05) is 92.4 Å². The lowest BCUT2D eigenvalue weighted by molar-refractivity contribution is -0.400. The second-order valence-electron chi connectivity index (χ2n) is 20.2. The van der Waals surface area contributed by atoms with Crippen molar-refractivity contribution in [1.29, 1.82) is 0 Å². The Kier molecular flexibility index (Phi) is 24.1. The van der Waals surface area contributed by atoms with E-state index in [0.717, 1.165) is 57.8 Å². The van der Waals surface area contributed by atoms with Gasteiger partial charge in [0.2, 0.25) is 0 Å². The Labute approximate surface area is 418 Å². The van der Waals surface area contributed by atoms with Crippen molar-refractivity contribution in [3.8, 4) is 0 Å². The summed E-state index contributed by atoms with van der Waals surface area (Å²) in [5, 5.41) is 78.2. The molecule has 5 aliphatic heterocycles. The first kappa shape index (κ1) is 59.7. The van der Waals surface area contributed by atoms with Gasteiger partial charge in [0.1, 0.15) is 54.9 Å². The van der Waals surface area contributed by atoms with E-state index < -0.39 is 159 Å². The Morgan fingerprint density at radius 3 is 1.79 bits per heavy atom. The number of carbonyl (C=O) groups is 3. The predicted molar refractivity (Wildman–Crippen MR) is 249 cm³/mol. The Bertz CT molecular complexity index is 1610. The highest BCUT2D eigenvalue weighted by Gasteiger charge is 2.58. The molecule has 0 aromatic rings. The minimum Gasteiger partial charge on any atom is -0.456 e. The predicted octanol–water partition coefficient (Wildman–Crippen LogP) is 2.58. The number of carbonyl (C=O) groups excluding carboxylic acids is 3. The fraction of sp³-hybridized carbons (Fsp3) is 0.940. The summed E-state index contributed by atoms with van der Waals surface area (Å²) in [6.07, 6.45) is -20.8. The van der Waals surface area contributed by atoms with Gasteiger partial charge >= 0.3 is 17.9 Å². The van der Waals surface area contributed by atoms with Crippen molar-refractivity contribution in [3.63, 3.8) is 0 Å². The van der Waals surface area contributed by atoms with Crippen molar-refractivity contribution >= 4 is 17.9 Å².